The molecule has 0 saturated heterocycles. The van der Waals surface area contributed by atoms with Crippen molar-refractivity contribution in [3.63, 3.8) is 0 Å². The summed E-state index contributed by atoms with van der Waals surface area (Å²) in [5, 5.41) is 3.14. The van der Waals surface area contributed by atoms with Crippen LogP contribution in [0.15, 0.2) is 48.9 Å². The Morgan fingerprint density at radius 1 is 1.26 bits per heavy atom. The predicted molar refractivity (Wildman–Crippen MR) is 102 cm³/mol. The fourth-order valence-electron chi connectivity index (χ4n) is 2.75. The molecule has 1 amide bonds. The van der Waals surface area contributed by atoms with Gasteiger partial charge in [-0.3, -0.25) is 9.78 Å². The molecule has 3 aromatic rings. The zero-order valence-corrected chi connectivity index (χ0v) is 15.7. The average Bonchev–Trinajstić information content (AvgIpc) is 2.64. The maximum absolute atomic E-state index is 13.1. The van der Waals surface area contributed by atoms with Crippen LogP contribution in [0.25, 0.3) is 11.4 Å². The molecule has 1 aromatic carbocycles. The van der Waals surface area contributed by atoms with Gasteiger partial charge < -0.3 is 5.32 Å². The number of carbonyl (C=O) groups is 1. The van der Waals surface area contributed by atoms with Crippen molar-refractivity contribution in [2.75, 3.05) is 0 Å². The largest absolute Gasteiger partial charge is 0.349 e. The van der Waals surface area contributed by atoms with Gasteiger partial charge in [-0.15, -0.1) is 0 Å². The zero-order chi connectivity index (χ0) is 19.4. The number of pyridine rings is 1. The molecule has 0 fully saturated rings. The highest BCUT2D eigenvalue weighted by Gasteiger charge is 2.15. The van der Waals surface area contributed by atoms with Crippen molar-refractivity contribution in [3.8, 4) is 11.4 Å². The van der Waals surface area contributed by atoms with Gasteiger partial charge in [0.1, 0.15) is 5.82 Å². The Morgan fingerprint density at radius 3 is 2.67 bits per heavy atom. The monoisotopic (exact) mass is 384 g/mol. The maximum Gasteiger partial charge on any atom is 0.224 e. The summed E-state index contributed by atoms with van der Waals surface area (Å²) >= 11 is 5.98. The average molecular weight is 385 g/mol. The van der Waals surface area contributed by atoms with Crippen LogP contribution >= 0.6 is 11.6 Å². The fourth-order valence-corrected chi connectivity index (χ4v) is 2.98. The molecular weight excluding hydrogens is 367 g/mol. The van der Waals surface area contributed by atoms with Gasteiger partial charge >= 0.3 is 0 Å². The fraction of sp³-hybridized carbons (Fsp3) is 0.200. The number of hydrogen-bond acceptors (Lipinski definition) is 4. The SMILES string of the molecule is Cc1nc(-c2ccncc2)ncc1[C@@H](C)NC(=O)Cc1ccc(F)cc1Cl. The van der Waals surface area contributed by atoms with Crippen LogP contribution in [0.4, 0.5) is 4.39 Å². The predicted octanol–water partition coefficient (Wildman–Crippen LogP) is 4.06. The van der Waals surface area contributed by atoms with Gasteiger partial charge in [0, 0.05) is 40.4 Å². The highest BCUT2D eigenvalue weighted by molar-refractivity contribution is 6.31. The van der Waals surface area contributed by atoms with E-state index in [1.807, 2.05) is 26.0 Å². The molecule has 0 aliphatic rings. The smallest absolute Gasteiger partial charge is 0.224 e. The minimum absolute atomic E-state index is 0.0679. The summed E-state index contributed by atoms with van der Waals surface area (Å²) in [6, 6.07) is 7.40. The topological polar surface area (TPSA) is 67.8 Å². The number of benzene rings is 1. The summed E-state index contributed by atoms with van der Waals surface area (Å²) in [6.07, 6.45) is 5.16. The van der Waals surface area contributed by atoms with Gasteiger partial charge in [0.2, 0.25) is 5.91 Å². The lowest BCUT2D eigenvalue weighted by Gasteiger charge is -2.16. The van der Waals surface area contributed by atoms with Crippen LogP contribution in [0, 0.1) is 12.7 Å². The minimum Gasteiger partial charge on any atom is -0.349 e. The molecule has 0 bridgehead atoms. The van der Waals surface area contributed by atoms with Gasteiger partial charge in [0.15, 0.2) is 5.82 Å². The van der Waals surface area contributed by atoms with Crippen LogP contribution in [0.5, 0.6) is 0 Å². The third-order valence-electron chi connectivity index (χ3n) is 4.17. The van der Waals surface area contributed by atoms with E-state index >= 15 is 0 Å². The number of amides is 1. The number of halogens is 2. The summed E-state index contributed by atoms with van der Waals surface area (Å²) in [4.78, 5) is 25.2. The Balaban J connectivity index is 1.70. The van der Waals surface area contributed by atoms with Crippen molar-refractivity contribution >= 4 is 17.5 Å². The molecule has 0 unspecified atom stereocenters. The first-order chi connectivity index (χ1) is 12.9. The molecule has 2 aromatic heterocycles. The highest BCUT2D eigenvalue weighted by atomic mass is 35.5. The molecule has 3 rings (SSSR count). The molecule has 0 spiro atoms. The van der Waals surface area contributed by atoms with E-state index in [1.54, 1.807) is 18.6 Å². The first kappa shape index (κ1) is 18.9. The van der Waals surface area contributed by atoms with E-state index in [9.17, 15) is 9.18 Å². The Kier molecular flexibility index (Phi) is 5.76. The number of nitrogens with one attached hydrogen (secondary N) is 1. The van der Waals surface area contributed by atoms with Crippen molar-refractivity contribution in [2.45, 2.75) is 26.3 Å². The number of aromatic nitrogens is 3. The molecular formula is C20H18ClFN4O. The number of hydrogen-bond donors (Lipinski definition) is 1. The summed E-state index contributed by atoms with van der Waals surface area (Å²) in [5.74, 6) is -0.0384. The van der Waals surface area contributed by atoms with Gasteiger partial charge in [0.25, 0.3) is 0 Å². The van der Waals surface area contributed by atoms with E-state index in [4.69, 9.17) is 11.6 Å². The first-order valence-corrected chi connectivity index (χ1v) is 8.79. The van der Waals surface area contributed by atoms with Crippen LogP contribution in [0.3, 0.4) is 0 Å². The Hall–Kier alpha value is -2.86. The molecule has 1 N–H and O–H groups in total. The van der Waals surface area contributed by atoms with Gasteiger partial charge in [-0.05, 0) is 43.7 Å². The highest BCUT2D eigenvalue weighted by Crippen LogP contribution is 2.21. The summed E-state index contributed by atoms with van der Waals surface area (Å²) in [7, 11) is 0. The number of nitrogens with zero attached hydrogens (tertiary/aromatic N) is 3. The molecule has 27 heavy (non-hydrogen) atoms. The van der Waals surface area contributed by atoms with E-state index in [0.717, 1.165) is 16.8 Å². The molecule has 2 heterocycles. The van der Waals surface area contributed by atoms with Crippen molar-refractivity contribution in [3.05, 3.63) is 76.6 Å². The van der Waals surface area contributed by atoms with E-state index in [2.05, 4.69) is 20.3 Å². The lowest BCUT2D eigenvalue weighted by molar-refractivity contribution is -0.121. The molecule has 5 nitrogen and oxygen atoms in total. The normalized spacial score (nSPS) is 11.9. The second-order valence-electron chi connectivity index (χ2n) is 6.17. The van der Waals surface area contributed by atoms with Crippen LogP contribution in [0.2, 0.25) is 5.02 Å². The lowest BCUT2D eigenvalue weighted by atomic mass is 10.1. The third-order valence-corrected chi connectivity index (χ3v) is 4.52. The van der Waals surface area contributed by atoms with Gasteiger partial charge in [-0.1, -0.05) is 17.7 Å². The first-order valence-electron chi connectivity index (χ1n) is 8.41. The van der Waals surface area contributed by atoms with Crippen molar-refractivity contribution < 1.29 is 9.18 Å². The van der Waals surface area contributed by atoms with Crippen molar-refractivity contribution in [2.24, 2.45) is 0 Å². The Bertz CT molecular complexity index is 965. The molecule has 0 saturated carbocycles. The van der Waals surface area contributed by atoms with Gasteiger partial charge in [-0.25, -0.2) is 14.4 Å². The van der Waals surface area contributed by atoms with E-state index < -0.39 is 5.82 Å². The van der Waals surface area contributed by atoms with Crippen molar-refractivity contribution in [1.82, 2.24) is 20.3 Å². The van der Waals surface area contributed by atoms with Crippen LogP contribution in [0.1, 0.15) is 29.8 Å². The Morgan fingerprint density at radius 2 is 2.00 bits per heavy atom. The van der Waals surface area contributed by atoms with Crippen LogP contribution in [-0.4, -0.2) is 20.9 Å². The molecule has 0 aliphatic heterocycles. The van der Waals surface area contributed by atoms with E-state index in [1.165, 1.54) is 18.2 Å². The van der Waals surface area contributed by atoms with Gasteiger partial charge in [-0.2, -0.15) is 0 Å². The molecule has 138 valence electrons. The third kappa shape index (κ3) is 4.65. The maximum atomic E-state index is 13.1. The molecule has 0 radical (unpaired) electrons. The minimum atomic E-state index is -0.431. The summed E-state index contributed by atoms with van der Waals surface area (Å²) in [5.41, 5.74) is 3.06. The number of aryl methyl sites for hydroxylation is 1. The van der Waals surface area contributed by atoms with Crippen LogP contribution in [-0.2, 0) is 11.2 Å². The lowest BCUT2D eigenvalue weighted by Crippen LogP contribution is -2.29. The molecule has 1 atom stereocenters. The quantitative estimate of drug-likeness (QED) is 0.720. The standard InChI is InChI=1S/C20H18ClFN4O/c1-12(25-19(27)9-15-3-4-16(22)10-18(15)21)17-11-24-20(26-13(17)2)14-5-7-23-8-6-14/h3-8,10-12H,9H2,1-2H3,(H,25,27)/t12-/m1/s1. The zero-order valence-electron chi connectivity index (χ0n) is 14.9. The second-order valence-corrected chi connectivity index (χ2v) is 6.58. The molecule has 7 heteroatoms. The summed E-state index contributed by atoms with van der Waals surface area (Å²) in [6.45, 7) is 3.74. The van der Waals surface area contributed by atoms with E-state index in [0.29, 0.717) is 11.4 Å². The number of carbonyl (C=O) groups excluding carboxylic acids is 1. The van der Waals surface area contributed by atoms with Crippen LogP contribution < -0.4 is 5.32 Å². The number of rotatable bonds is 5. The van der Waals surface area contributed by atoms with Gasteiger partial charge in [0.05, 0.1) is 12.5 Å². The van der Waals surface area contributed by atoms with Crippen molar-refractivity contribution in [1.29, 1.82) is 0 Å². The molecule has 0 aliphatic carbocycles. The van der Waals surface area contributed by atoms with E-state index in [-0.39, 0.29) is 23.4 Å². The Labute approximate surface area is 161 Å². The summed E-state index contributed by atoms with van der Waals surface area (Å²) < 4.78 is 13.1. The second kappa shape index (κ2) is 8.22.